The molecule has 0 atom stereocenters. The Morgan fingerprint density at radius 1 is 1.30 bits per heavy atom. The molecule has 1 saturated heterocycles. The van der Waals surface area contributed by atoms with Crippen LogP contribution in [0.15, 0.2) is 53.7 Å². The molecule has 0 radical (unpaired) electrons. The van der Waals surface area contributed by atoms with E-state index in [1.807, 2.05) is 0 Å². The van der Waals surface area contributed by atoms with Gasteiger partial charge in [-0.3, -0.25) is 20.0 Å². The number of pyridine rings is 1. The number of nitrogens with zero attached hydrogens (tertiary/aromatic N) is 2. The number of halogens is 2. The van der Waals surface area contributed by atoms with Crippen molar-refractivity contribution in [2.24, 2.45) is 0 Å². The van der Waals surface area contributed by atoms with Gasteiger partial charge in [-0.05, 0) is 54.2 Å². The van der Waals surface area contributed by atoms with Gasteiger partial charge in [-0.25, -0.2) is 0 Å². The Bertz CT molecular complexity index is 905. The largest absolute Gasteiger partial charge is 0.435 e. The summed E-state index contributed by atoms with van der Waals surface area (Å²) in [5, 5.41) is 0.966. The van der Waals surface area contributed by atoms with Crippen LogP contribution in [0, 0.1) is 0 Å². The zero-order valence-electron chi connectivity index (χ0n) is 13.5. The smallest absolute Gasteiger partial charge is 0.387 e. The molecular formula is C17H11F2N3O3S2. The Kier molecular flexibility index (Phi) is 5.77. The minimum Gasteiger partial charge on any atom is -0.435 e. The molecule has 138 valence electrons. The average molecular weight is 407 g/mol. The molecule has 1 N–H and O–H groups in total. The molecule has 27 heavy (non-hydrogen) atoms. The number of hydrogen-bond donors (Lipinski definition) is 1. The van der Waals surface area contributed by atoms with E-state index in [2.05, 4.69) is 15.1 Å². The Morgan fingerprint density at radius 3 is 2.67 bits per heavy atom. The number of hydrazine groups is 1. The number of amides is 2. The molecule has 2 amide bonds. The maximum absolute atomic E-state index is 12.5. The molecule has 0 saturated carbocycles. The van der Waals surface area contributed by atoms with Gasteiger partial charge in [0.25, 0.3) is 11.8 Å². The summed E-state index contributed by atoms with van der Waals surface area (Å²) in [6.07, 6.45) is 4.82. The highest BCUT2D eigenvalue weighted by Gasteiger charge is 2.33. The number of benzene rings is 1. The molecule has 0 aliphatic carbocycles. The first-order valence-electron chi connectivity index (χ1n) is 7.48. The Balaban J connectivity index is 1.70. The van der Waals surface area contributed by atoms with Crippen LogP contribution >= 0.6 is 24.0 Å². The third kappa shape index (κ3) is 4.66. The van der Waals surface area contributed by atoms with Crippen molar-refractivity contribution in [3.8, 4) is 5.75 Å². The molecule has 1 aromatic carbocycles. The molecule has 0 unspecified atom stereocenters. The standard InChI is InChI=1S/C17H11F2N3O3S2/c18-16(19)25-12-5-3-11(4-6-12)14(23)21-22-15(24)13(27-17(22)26)8-10-2-1-7-20-9-10/h1-9,16H,(H,21,23)/b13-8-. The van der Waals surface area contributed by atoms with E-state index in [0.29, 0.717) is 4.91 Å². The van der Waals surface area contributed by atoms with E-state index < -0.39 is 18.4 Å². The molecular weight excluding hydrogens is 396 g/mol. The summed E-state index contributed by atoms with van der Waals surface area (Å²) >= 11 is 6.19. The first-order chi connectivity index (χ1) is 12.9. The van der Waals surface area contributed by atoms with Crippen LogP contribution in [0.2, 0.25) is 0 Å². The lowest BCUT2D eigenvalue weighted by Gasteiger charge is -2.15. The summed E-state index contributed by atoms with van der Waals surface area (Å²) in [7, 11) is 0. The summed E-state index contributed by atoms with van der Waals surface area (Å²) in [5.41, 5.74) is 3.28. The van der Waals surface area contributed by atoms with Crippen molar-refractivity contribution >= 4 is 46.2 Å². The summed E-state index contributed by atoms with van der Waals surface area (Å²) < 4.78 is 28.7. The molecule has 2 heterocycles. The number of thiocarbonyl (C=S) groups is 1. The van der Waals surface area contributed by atoms with Crippen LogP contribution in [0.1, 0.15) is 15.9 Å². The van der Waals surface area contributed by atoms with Gasteiger partial charge in [-0.1, -0.05) is 17.8 Å². The number of nitrogens with one attached hydrogen (secondary N) is 1. The first-order valence-corrected chi connectivity index (χ1v) is 8.70. The molecule has 1 aliphatic heterocycles. The number of aromatic nitrogens is 1. The van der Waals surface area contributed by atoms with Crippen molar-refractivity contribution in [1.29, 1.82) is 0 Å². The van der Waals surface area contributed by atoms with Crippen LogP contribution in [0.25, 0.3) is 6.08 Å². The second kappa shape index (κ2) is 8.23. The predicted molar refractivity (Wildman–Crippen MR) is 99.8 cm³/mol. The van der Waals surface area contributed by atoms with E-state index in [-0.39, 0.29) is 15.6 Å². The average Bonchev–Trinajstić information content (AvgIpc) is 2.90. The maximum atomic E-state index is 12.5. The molecule has 0 spiro atoms. The van der Waals surface area contributed by atoms with Crippen molar-refractivity contribution in [3.05, 3.63) is 64.8 Å². The van der Waals surface area contributed by atoms with Crippen LogP contribution in [-0.4, -0.2) is 32.7 Å². The fraction of sp³-hybridized carbons (Fsp3) is 0.0588. The SMILES string of the molecule is O=C(NN1C(=O)/C(=C/c2cccnc2)SC1=S)c1ccc(OC(F)F)cc1. The van der Waals surface area contributed by atoms with Gasteiger partial charge in [-0.2, -0.15) is 13.8 Å². The summed E-state index contributed by atoms with van der Waals surface area (Å²) in [5.74, 6) is -1.16. The quantitative estimate of drug-likeness (QED) is 0.606. The number of carbonyl (C=O) groups excluding carboxylic acids is 2. The highest BCUT2D eigenvalue weighted by Crippen LogP contribution is 2.31. The van der Waals surface area contributed by atoms with Gasteiger partial charge in [0, 0.05) is 18.0 Å². The number of rotatable bonds is 5. The second-order valence-electron chi connectivity index (χ2n) is 5.15. The third-order valence-corrected chi connectivity index (χ3v) is 4.63. The lowest BCUT2D eigenvalue weighted by molar-refractivity contribution is -0.123. The van der Waals surface area contributed by atoms with Gasteiger partial charge in [-0.15, -0.1) is 0 Å². The Labute approximate surface area is 162 Å². The number of hydrogen-bond acceptors (Lipinski definition) is 6. The van der Waals surface area contributed by atoms with Crippen molar-refractivity contribution in [3.63, 3.8) is 0 Å². The van der Waals surface area contributed by atoms with Crippen LogP contribution in [-0.2, 0) is 4.79 Å². The van der Waals surface area contributed by atoms with Gasteiger partial charge in [0.05, 0.1) is 4.91 Å². The minimum atomic E-state index is -2.95. The zero-order valence-corrected chi connectivity index (χ0v) is 15.1. The van der Waals surface area contributed by atoms with E-state index in [1.54, 1.807) is 30.6 Å². The van der Waals surface area contributed by atoms with E-state index in [9.17, 15) is 18.4 Å². The summed E-state index contributed by atoms with van der Waals surface area (Å²) in [4.78, 5) is 29.1. The monoisotopic (exact) mass is 407 g/mol. The topological polar surface area (TPSA) is 71.5 Å². The molecule has 6 nitrogen and oxygen atoms in total. The van der Waals surface area contributed by atoms with E-state index in [4.69, 9.17) is 12.2 Å². The van der Waals surface area contributed by atoms with Crippen molar-refractivity contribution in [2.75, 3.05) is 0 Å². The fourth-order valence-electron chi connectivity index (χ4n) is 2.13. The van der Waals surface area contributed by atoms with E-state index >= 15 is 0 Å². The van der Waals surface area contributed by atoms with Crippen molar-refractivity contribution in [1.82, 2.24) is 15.4 Å². The van der Waals surface area contributed by atoms with Crippen LogP contribution in [0.5, 0.6) is 5.75 Å². The third-order valence-electron chi connectivity index (χ3n) is 3.33. The summed E-state index contributed by atoms with van der Waals surface area (Å²) in [6.45, 7) is -2.95. The van der Waals surface area contributed by atoms with Gasteiger partial charge in [0.2, 0.25) is 0 Å². The number of carbonyl (C=O) groups is 2. The first kappa shape index (κ1) is 18.9. The molecule has 1 aromatic heterocycles. The molecule has 1 fully saturated rings. The Morgan fingerprint density at radius 2 is 2.04 bits per heavy atom. The number of thioether (sulfide) groups is 1. The zero-order chi connectivity index (χ0) is 19.4. The van der Waals surface area contributed by atoms with Crippen molar-refractivity contribution in [2.45, 2.75) is 6.61 Å². The lowest BCUT2D eigenvalue weighted by atomic mass is 10.2. The van der Waals surface area contributed by atoms with E-state index in [1.165, 1.54) is 24.3 Å². The highest BCUT2D eigenvalue weighted by molar-refractivity contribution is 8.26. The van der Waals surface area contributed by atoms with Gasteiger partial charge in [0.15, 0.2) is 4.32 Å². The van der Waals surface area contributed by atoms with Crippen LogP contribution < -0.4 is 10.2 Å². The number of ether oxygens (including phenoxy) is 1. The van der Waals surface area contributed by atoms with Gasteiger partial charge in [0.1, 0.15) is 5.75 Å². The van der Waals surface area contributed by atoms with Gasteiger partial charge >= 0.3 is 6.61 Å². The second-order valence-corrected chi connectivity index (χ2v) is 6.82. The lowest BCUT2D eigenvalue weighted by Crippen LogP contribution is -2.44. The molecule has 10 heteroatoms. The fourth-order valence-corrected chi connectivity index (χ4v) is 3.31. The normalized spacial score (nSPS) is 15.5. The summed E-state index contributed by atoms with van der Waals surface area (Å²) in [6, 6.07) is 8.57. The molecule has 3 rings (SSSR count). The molecule has 2 aromatic rings. The van der Waals surface area contributed by atoms with E-state index in [0.717, 1.165) is 22.3 Å². The van der Waals surface area contributed by atoms with Crippen LogP contribution in [0.4, 0.5) is 8.78 Å². The molecule has 1 aliphatic rings. The minimum absolute atomic E-state index is 0.0773. The van der Waals surface area contributed by atoms with Crippen molar-refractivity contribution < 1.29 is 23.1 Å². The van der Waals surface area contributed by atoms with Crippen LogP contribution in [0.3, 0.4) is 0 Å². The Hall–Kier alpha value is -2.85. The highest BCUT2D eigenvalue weighted by atomic mass is 32.2. The predicted octanol–water partition coefficient (Wildman–Crippen LogP) is 3.23. The number of alkyl halides is 2. The van der Waals surface area contributed by atoms with Gasteiger partial charge < -0.3 is 4.74 Å². The maximum Gasteiger partial charge on any atom is 0.387 e. The molecule has 0 bridgehead atoms.